The number of ether oxygens (including phenoxy) is 12. The smallest absolute Gasteiger partial charge is 0.407 e. The Bertz CT molecular complexity index is 2740. The van der Waals surface area contributed by atoms with Gasteiger partial charge in [-0.05, 0) is 81.3 Å². The van der Waals surface area contributed by atoms with Crippen LogP contribution in [-0.4, -0.2) is 179 Å². The van der Waals surface area contributed by atoms with Crippen molar-refractivity contribution in [1.29, 1.82) is 0 Å². The molecule has 21 heteroatoms. The van der Waals surface area contributed by atoms with E-state index in [1.54, 1.807) is 97.9 Å². The SMILES string of the molecule is CCCCCCCCCCCCCCCCCCOC[C@@H](COC(=O)NCCCCCC(=O)NCCCOCCOCCCCCC(=O)NCCOCCOCCO[C@@H]1OC(COC(=O)c2ccccc2)[C@H](OC(=O)c2ccccc2)[C@H](OC(=O)c2ccccc2)C1C)OCCCCCCCCCCCCCCCCCC. The van der Waals surface area contributed by atoms with Gasteiger partial charge >= 0.3 is 24.0 Å². The van der Waals surface area contributed by atoms with Gasteiger partial charge in [0, 0.05) is 64.8 Å². The van der Waals surface area contributed by atoms with Crippen molar-refractivity contribution in [2.75, 3.05) is 112 Å². The Balaban J connectivity index is 0.950. The maximum atomic E-state index is 13.5. The van der Waals surface area contributed by atoms with Crippen LogP contribution in [0.1, 0.15) is 315 Å². The number of hydrogen-bond acceptors (Lipinski definition) is 18. The Morgan fingerprint density at radius 1 is 0.348 bits per heavy atom. The molecule has 0 radical (unpaired) electrons. The third-order valence-corrected chi connectivity index (χ3v) is 20.2. The Hall–Kier alpha value is -6.04. The number of esters is 3. The number of carbonyl (C=O) groups is 6. The molecule has 21 nitrogen and oxygen atoms in total. The van der Waals surface area contributed by atoms with Gasteiger partial charge in [-0.2, -0.15) is 0 Å². The minimum absolute atomic E-state index is 0.0107. The fourth-order valence-electron chi connectivity index (χ4n) is 13.4. The van der Waals surface area contributed by atoms with Crippen molar-refractivity contribution in [1.82, 2.24) is 16.0 Å². The number of carbonyl (C=O) groups excluding carboxylic acids is 6. The van der Waals surface area contributed by atoms with Crippen molar-refractivity contribution >= 4 is 35.8 Å². The average Bonchev–Trinajstić information content (AvgIpc) is 0.787. The van der Waals surface area contributed by atoms with E-state index in [0.717, 1.165) is 57.8 Å². The molecule has 0 aromatic heterocycles. The summed E-state index contributed by atoms with van der Waals surface area (Å²) in [7, 11) is 0. The summed E-state index contributed by atoms with van der Waals surface area (Å²) < 4.78 is 71.1. The monoisotopic (exact) mass is 1570 g/mol. The van der Waals surface area contributed by atoms with Crippen molar-refractivity contribution in [3.8, 4) is 0 Å². The van der Waals surface area contributed by atoms with E-state index in [4.69, 9.17) is 56.8 Å². The molecule has 0 bridgehead atoms. The number of benzene rings is 3. The van der Waals surface area contributed by atoms with Crippen LogP contribution in [0.5, 0.6) is 0 Å². The Morgan fingerprint density at radius 3 is 1.21 bits per heavy atom. The number of nitrogens with one attached hydrogen (secondary N) is 3. The van der Waals surface area contributed by atoms with Crippen molar-refractivity contribution in [3.63, 3.8) is 0 Å². The Morgan fingerprint density at radius 2 is 0.723 bits per heavy atom. The molecular weight excluding hydrogens is 1420 g/mol. The topological polar surface area (TPSA) is 249 Å². The first-order chi connectivity index (χ1) is 55.1. The number of rotatable bonds is 75. The normalized spacial score (nSPS) is 15.7. The minimum atomic E-state index is -1.19. The van der Waals surface area contributed by atoms with Crippen LogP contribution in [0.4, 0.5) is 4.79 Å². The maximum absolute atomic E-state index is 13.5. The molecule has 0 saturated carbocycles. The summed E-state index contributed by atoms with van der Waals surface area (Å²) in [5.74, 6) is -2.62. The maximum Gasteiger partial charge on any atom is 0.407 e. The van der Waals surface area contributed by atoms with Crippen molar-refractivity contribution in [2.24, 2.45) is 5.92 Å². The Labute approximate surface area is 674 Å². The van der Waals surface area contributed by atoms with Gasteiger partial charge in [-0.1, -0.05) is 281 Å². The van der Waals surface area contributed by atoms with Gasteiger partial charge in [0.05, 0.1) is 69.5 Å². The summed E-state index contributed by atoms with van der Waals surface area (Å²) in [6, 6.07) is 25.3. The fourth-order valence-corrected chi connectivity index (χ4v) is 13.4. The molecule has 6 atom stereocenters. The standard InChI is InChI=1S/C91H149N3O18/c1-4-6-8-10-12-14-16-18-20-22-24-26-28-30-32-48-64-105-74-81(106-66-50-33-31-29-27-25-23-21-19-17-15-13-11-9-7-5-2)75-109-91(100)94-60-47-37-45-58-83(95)92-61-51-65-102-69-68-101-63-49-38-46-59-84(96)93-62-67-103-70-71-104-72-73-107-90-77(3)85(111-88(98)79-54-41-35-42-55-79)86(112-89(99)80-56-43-36-44-57-80)82(110-90)76-108-87(97)78-52-39-34-40-53-78/h34-36,39-44,52-57,77,81-82,85-86,90H,4-33,37-38,45-51,58-76H2,1-3H3,(H,92,95)(H,93,96)(H,94,100)/t77?,81-,82?,85+,86-,90+/m0/s1. The van der Waals surface area contributed by atoms with Crippen molar-refractivity contribution in [3.05, 3.63) is 108 Å². The second-order valence-corrected chi connectivity index (χ2v) is 30.0. The van der Waals surface area contributed by atoms with E-state index in [1.165, 1.54) is 186 Å². The van der Waals surface area contributed by atoms with E-state index < -0.39 is 54.5 Å². The van der Waals surface area contributed by atoms with E-state index in [-0.39, 0.29) is 63.1 Å². The van der Waals surface area contributed by atoms with E-state index in [0.29, 0.717) is 103 Å². The molecule has 1 fully saturated rings. The first-order valence-electron chi connectivity index (χ1n) is 44.0. The molecule has 3 aromatic rings. The quantitative estimate of drug-likeness (QED) is 0.0270. The van der Waals surface area contributed by atoms with E-state index in [9.17, 15) is 28.8 Å². The number of unbranched alkanes of at least 4 members (excludes halogenated alkanes) is 34. The van der Waals surface area contributed by atoms with Gasteiger partial charge in [-0.3, -0.25) is 9.59 Å². The van der Waals surface area contributed by atoms with Crippen LogP contribution in [0.15, 0.2) is 91.0 Å². The first kappa shape index (κ1) is 98.3. The van der Waals surface area contributed by atoms with E-state index >= 15 is 0 Å². The predicted molar refractivity (Wildman–Crippen MR) is 442 cm³/mol. The van der Waals surface area contributed by atoms with Crippen LogP contribution in [0, 0.1) is 5.92 Å². The summed E-state index contributed by atoms with van der Waals surface area (Å²) >= 11 is 0. The highest BCUT2D eigenvalue weighted by Gasteiger charge is 2.50. The van der Waals surface area contributed by atoms with Gasteiger partial charge in [-0.25, -0.2) is 19.2 Å². The minimum Gasteiger partial charge on any atom is -0.459 e. The molecular formula is C91H149N3O18. The predicted octanol–water partition coefficient (Wildman–Crippen LogP) is 19.1. The molecule has 112 heavy (non-hydrogen) atoms. The molecule has 1 aliphatic rings. The van der Waals surface area contributed by atoms with Crippen LogP contribution < -0.4 is 16.0 Å². The van der Waals surface area contributed by atoms with Crippen LogP contribution in [-0.2, 0) is 66.4 Å². The number of amides is 3. The second kappa shape index (κ2) is 70.4. The van der Waals surface area contributed by atoms with Crippen molar-refractivity contribution in [2.45, 2.75) is 315 Å². The fraction of sp³-hybridized carbons (Fsp3) is 0.736. The lowest BCUT2D eigenvalue weighted by Gasteiger charge is -2.44. The lowest BCUT2D eigenvalue weighted by atomic mass is 9.91. The first-order valence-corrected chi connectivity index (χ1v) is 44.0. The molecule has 636 valence electrons. The van der Waals surface area contributed by atoms with Gasteiger partial charge in [0.15, 0.2) is 12.4 Å². The number of hydrogen-bond donors (Lipinski definition) is 3. The molecule has 1 aliphatic heterocycles. The zero-order valence-electron chi connectivity index (χ0n) is 69.5. The summed E-state index contributed by atoms with van der Waals surface area (Å²) in [4.78, 5) is 77.8. The van der Waals surface area contributed by atoms with Crippen LogP contribution >= 0.6 is 0 Å². The molecule has 3 N–H and O–H groups in total. The lowest BCUT2D eigenvalue weighted by molar-refractivity contribution is -0.282. The molecule has 1 saturated heterocycles. The number of alkyl carbamates (subject to hydrolysis) is 1. The van der Waals surface area contributed by atoms with E-state index in [1.807, 2.05) is 0 Å². The summed E-state index contributed by atoms with van der Waals surface area (Å²) in [5.41, 5.74) is 0.886. The third kappa shape index (κ3) is 52.4. The highest BCUT2D eigenvalue weighted by Crippen LogP contribution is 2.33. The van der Waals surface area contributed by atoms with Gasteiger partial charge in [0.2, 0.25) is 11.8 Å². The highest BCUT2D eigenvalue weighted by molar-refractivity contribution is 5.91. The van der Waals surface area contributed by atoms with Crippen LogP contribution in [0.25, 0.3) is 0 Å². The van der Waals surface area contributed by atoms with E-state index in [2.05, 4.69) is 29.8 Å². The molecule has 0 spiro atoms. The second-order valence-electron chi connectivity index (χ2n) is 30.0. The zero-order chi connectivity index (χ0) is 79.9. The van der Waals surface area contributed by atoms with Gasteiger partial charge in [-0.15, -0.1) is 0 Å². The van der Waals surface area contributed by atoms with Crippen LogP contribution in [0.3, 0.4) is 0 Å². The molecule has 4 rings (SSSR count). The largest absolute Gasteiger partial charge is 0.459 e. The van der Waals surface area contributed by atoms with Gasteiger partial charge in [0.1, 0.15) is 31.5 Å². The van der Waals surface area contributed by atoms with Gasteiger partial charge in [0.25, 0.3) is 0 Å². The molecule has 3 amide bonds. The summed E-state index contributed by atoms with van der Waals surface area (Å²) in [6.07, 6.45) is 43.8. The average molecular weight is 1570 g/mol. The highest BCUT2D eigenvalue weighted by atomic mass is 16.7. The van der Waals surface area contributed by atoms with Crippen molar-refractivity contribution < 1.29 is 85.6 Å². The molecule has 2 unspecified atom stereocenters. The summed E-state index contributed by atoms with van der Waals surface area (Å²) in [5, 5.41) is 8.74. The van der Waals surface area contributed by atoms with Gasteiger partial charge < -0.3 is 72.8 Å². The zero-order valence-corrected chi connectivity index (χ0v) is 69.5. The molecule has 0 aliphatic carbocycles. The third-order valence-electron chi connectivity index (χ3n) is 20.2. The summed E-state index contributed by atoms with van der Waals surface area (Å²) in [6.45, 7) is 12.4. The lowest BCUT2D eigenvalue weighted by Crippen LogP contribution is -2.58. The Kier molecular flexibility index (Phi) is 61.8. The van der Waals surface area contributed by atoms with Crippen LogP contribution in [0.2, 0.25) is 0 Å². The molecule has 3 aromatic carbocycles. The molecule has 1 heterocycles.